The highest BCUT2D eigenvalue weighted by Gasteiger charge is 2.04. The van der Waals surface area contributed by atoms with Gasteiger partial charge in [-0.05, 0) is 18.2 Å². The van der Waals surface area contributed by atoms with Gasteiger partial charge in [-0.2, -0.15) is 0 Å². The number of hydrogen-bond donors (Lipinski definition) is 1. The molecule has 5 heteroatoms. The molecule has 0 radical (unpaired) electrons. The first-order valence-electron chi connectivity index (χ1n) is 3.56. The molecular formula is C9H5Cl3O2. The highest BCUT2D eigenvalue weighted by atomic mass is 35.5. The number of halogens is 3. The van der Waals surface area contributed by atoms with E-state index in [1.807, 2.05) is 0 Å². The topological polar surface area (TPSA) is 37.3 Å². The van der Waals surface area contributed by atoms with Gasteiger partial charge in [-0.25, -0.2) is 4.79 Å². The second-order valence-electron chi connectivity index (χ2n) is 2.45. The number of aliphatic carboxylic acids is 1. The summed E-state index contributed by atoms with van der Waals surface area (Å²) in [5.41, 5.74) is 0.445. The molecule has 0 unspecified atom stereocenters. The standard InChI is InChI=1S/C9H5Cl3O2/c10-5-3-7(11)6(8(12)4-5)1-2-9(13)14/h1-4H,(H,13,14). The van der Waals surface area contributed by atoms with Crippen LogP contribution in [0.25, 0.3) is 6.08 Å². The fourth-order valence-corrected chi connectivity index (χ4v) is 1.81. The van der Waals surface area contributed by atoms with Crippen LogP contribution in [0.5, 0.6) is 0 Å². The van der Waals surface area contributed by atoms with Crippen molar-refractivity contribution in [3.8, 4) is 0 Å². The maximum absolute atomic E-state index is 10.3. The van der Waals surface area contributed by atoms with Gasteiger partial charge in [0.2, 0.25) is 0 Å². The molecule has 0 saturated heterocycles. The number of carboxylic acids is 1. The molecule has 14 heavy (non-hydrogen) atoms. The fourth-order valence-electron chi connectivity index (χ4n) is 0.867. The van der Waals surface area contributed by atoms with Crippen LogP contribution in [0.3, 0.4) is 0 Å². The van der Waals surface area contributed by atoms with Crippen molar-refractivity contribution in [1.29, 1.82) is 0 Å². The van der Waals surface area contributed by atoms with E-state index in [1.165, 1.54) is 18.2 Å². The molecule has 0 fully saturated rings. The van der Waals surface area contributed by atoms with Crippen LogP contribution in [0.4, 0.5) is 0 Å². The van der Waals surface area contributed by atoms with Gasteiger partial charge in [-0.3, -0.25) is 0 Å². The molecule has 0 atom stereocenters. The molecule has 0 aromatic heterocycles. The lowest BCUT2D eigenvalue weighted by molar-refractivity contribution is -0.131. The van der Waals surface area contributed by atoms with E-state index in [0.717, 1.165) is 6.08 Å². The lowest BCUT2D eigenvalue weighted by Gasteiger charge is -2.01. The Morgan fingerprint density at radius 1 is 1.21 bits per heavy atom. The van der Waals surface area contributed by atoms with Gasteiger partial charge in [-0.1, -0.05) is 34.8 Å². The average Bonchev–Trinajstić information content (AvgIpc) is 2.01. The van der Waals surface area contributed by atoms with E-state index < -0.39 is 5.97 Å². The van der Waals surface area contributed by atoms with Crippen LogP contribution in [0.2, 0.25) is 15.1 Å². The number of carbonyl (C=O) groups is 1. The molecule has 0 aliphatic rings. The Morgan fingerprint density at radius 2 is 1.71 bits per heavy atom. The highest BCUT2D eigenvalue weighted by Crippen LogP contribution is 2.29. The summed E-state index contributed by atoms with van der Waals surface area (Å²) in [7, 11) is 0. The Balaban J connectivity index is 3.15. The maximum atomic E-state index is 10.3. The smallest absolute Gasteiger partial charge is 0.328 e. The second-order valence-corrected chi connectivity index (χ2v) is 3.71. The zero-order valence-corrected chi connectivity index (χ0v) is 9.07. The second kappa shape index (κ2) is 4.69. The number of carboxylic acid groups (broad SMARTS) is 1. The summed E-state index contributed by atoms with van der Waals surface area (Å²) in [6.07, 6.45) is 2.28. The minimum Gasteiger partial charge on any atom is -0.478 e. The molecule has 74 valence electrons. The average molecular weight is 251 g/mol. The third-order valence-electron chi connectivity index (χ3n) is 1.44. The van der Waals surface area contributed by atoms with Crippen LogP contribution in [0.1, 0.15) is 5.56 Å². The normalized spacial score (nSPS) is 10.8. The number of rotatable bonds is 2. The lowest BCUT2D eigenvalue weighted by atomic mass is 10.2. The molecule has 0 aliphatic heterocycles. The summed E-state index contributed by atoms with van der Waals surface area (Å²) in [6.45, 7) is 0. The van der Waals surface area contributed by atoms with Crippen molar-refractivity contribution >= 4 is 46.8 Å². The van der Waals surface area contributed by atoms with E-state index in [4.69, 9.17) is 39.9 Å². The monoisotopic (exact) mass is 250 g/mol. The van der Waals surface area contributed by atoms with Crippen molar-refractivity contribution in [2.75, 3.05) is 0 Å². The van der Waals surface area contributed by atoms with Crippen molar-refractivity contribution in [1.82, 2.24) is 0 Å². The predicted molar refractivity (Wildman–Crippen MR) is 58.1 cm³/mol. The van der Waals surface area contributed by atoms with Crippen LogP contribution in [0, 0.1) is 0 Å². The molecule has 0 heterocycles. The molecule has 0 saturated carbocycles. The molecule has 1 rings (SSSR count). The number of hydrogen-bond acceptors (Lipinski definition) is 1. The Kier molecular flexibility index (Phi) is 3.81. The van der Waals surface area contributed by atoms with Gasteiger partial charge in [-0.15, -0.1) is 0 Å². The summed E-state index contributed by atoms with van der Waals surface area (Å²) >= 11 is 17.3. The van der Waals surface area contributed by atoms with Gasteiger partial charge < -0.3 is 5.11 Å². The Labute approximate surface area is 95.7 Å². The summed E-state index contributed by atoms with van der Waals surface area (Å²) in [5.74, 6) is -1.06. The molecule has 0 spiro atoms. The van der Waals surface area contributed by atoms with Gasteiger partial charge in [0.1, 0.15) is 0 Å². The molecule has 2 nitrogen and oxygen atoms in total. The fraction of sp³-hybridized carbons (Fsp3) is 0. The van der Waals surface area contributed by atoms with Crippen molar-refractivity contribution in [3.05, 3.63) is 38.8 Å². The minimum atomic E-state index is -1.06. The van der Waals surface area contributed by atoms with E-state index >= 15 is 0 Å². The molecule has 0 amide bonds. The zero-order valence-electron chi connectivity index (χ0n) is 6.80. The Morgan fingerprint density at radius 3 is 2.14 bits per heavy atom. The number of benzene rings is 1. The highest BCUT2D eigenvalue weighted by molar-refractivity contribution is 6.40. The van der Waals surface area contributed by atoms with E-state index in [9.17, 15) is 4.79 Å². The van der Waals surface area contributed by atoms with Gasteiger partial charge in [0, 0.05) is 16.7 Å². The van der Waals surface area contributed by atoms with Crippen molar-refractivity contribution in [2.24, 2.45) is 0 Å². The van der Waals surface area contributed by atoms with Crippen molar-refractivity contribution in [3.63, 3.8) is 0 Å². The summed E-state index contributed by atoms with van der Waals surface area (Å²) < 4.78 is 0. The molecule has 1 aromatic carbocycles. The van der Waals surface area contributed by atoms with Crippen LogP contribution < -0.4 is 0 Å². The summed E-state index contributed by atoms with van der Waals surface area (Å²) in [6, 6.07) is 2.99. The van der Waals surface area contributed by atoms with Crippen LogP contribution in [-0.4, -0.2) is 11.1 Å². The third-order valence-corrected chi connectivity index (χ3v) is 2.28. The minimum absolute atomic E-state index is 0.319. The van der Waals surface area contributed by atoms with Crippen molar-refractivity contribution < 1.29 is 9.90 Å². The van der Waals surface area contributed by atoms with Gasteiger partial charge in [0.25, 0.3) is 0 Å². The maximum Gasteiger partial charge on any atom is 0.328 e. The van der Waals surface area contributed by atoms with E-state index in [2.05, 4.69) is 0 Å². The molecule has 0 aliphatic carbocycles. The third kappa shape index (κ3) is 2.91. The van der Waals surface area contributed by atoms with Crippen LogP contribution >= 0.6 is 34.8 Å². The van der Waals surface area contributed by atoms with Gasteiger partial charge in [0.15, 0.2) is 0 Å². The van der Waals surface area contributed by atoms with E-state index in [-0.39, 0.29) is 0 Å². The van der Waals surface area contributed by atoms with E-state index in [0.29, 0.717) is 20.6 Å². The van der Waals surface area contributed by atoms with E-state index in [1.54, 1.807) is 0 Å². The quantitative estimate of drug-likeness (QED) is 0.813. The molecule has 1 N–H and O–H groups in total. The van der Waals surface area contributed by atoms with Crippen LogP contribution in [0.15, 0.2) is 18.2 Å². The SMILES string of the molecule is O=C(O)C=Cc1c(Cl)cc(Cl)cc1Cl. The van der Waals surface area contributed by atoms with Gasteiger partial charge in [0.05, 0.1) is 10.0 Å². The van der Waals surface area contributed by atoms with Gasteiger partial charge >= 0.3 is 5.97 Å². The first-order chi connectivity index (χ1) is 6.50. The Hall–Kier alpha value is -0.700. The predicted octanol–water partition coefficient (Wildman–Crippen LogP) is 3.74. The lowest BCUT2D eigenvalue weighted by Crippen LogP contribution is -1.86. The largest absolute Gasteiger partial charge is 0.478 e. The van der Waals surface area contributed by atoms with Crippen molar-refractivity contribution in [2.45, 2.75) is 0 Å². The summed E-state index contributed by atoms with van der Waals surface area (Å²) in [4.78, 5) is 10.3. The Bertz CT molecular complexity index is 376. The molecular weight excluding hydrogens is 246 g/mol. The summed E-state index contributed by atoms with van der Waals surface area (Å²) in [5, 5.41) is 9.46. The first-order valence-corrected chi connectivity index (χ1v) is 4.69. The molecule has 0 bridgehead atoms. The zero-order chi connectivity index (χ0) is 10.7. The first kappa shape index (κ1) is 11.4. The van der Waals surface area contributed by atoms with Crippen LogP contribution in [-0.2, 0) is 4.79 Å². The molecule has 1 aromatic rings.